The van der Waals surface area contributed by atoms with Crippen molar-refractivity contribution in [3.8, 4) is 0 Å². The van der Waals surface area contributed by atoms with Crippen molar-refractivity contribution in [2.75, 3.05) is 13.1 Å². The molecule has 0 saturated heterocycles. The fraction of sp³-hybridized carbons (Fsp3) is 0.857. The summed E-state index contributed by atoms with van der Waals surface area (Å²) in [5, 5.41) is 11.0. The average molecular weight is 160 g/mol. The summed E-state index contributed by atoms with van der Waals surface area (Å²) in [4.78, 5) is 10.4. The summed E-state index contributed by atoms with van der Waals surface area (Å²) in [6.07, 6.45) is 3.43. The second kappa shape index (κ2) is 7.50. The maximum Gasteiger partial charge on any atom is 0.257 e. The molecule has 0 fully saturated rings. The molecule has 4 nitrogen and oxygen atoms in total. The maximum atomic E-state index is 10.4. The minimum Gasteiger partial charge on any atom is -0.308 e. The first-order valence-corrected chi connectivity index (χ1v) is 3.95. The predicted octanol–water partition coefficient (Wildman–Crippen LogP) is 0.272. The Balaban J connectivity index is 2.95. The van der Waals surface area contributed by atoms with Crippen LogP contribution >= 0.6 is 0 Å². The topological polar surface area (TPSA) is 61.4 Å². The highest BCUT2D eigenvalue weighted by molar-refractivity contribution is 5.76. The lowest BCUT2D eigenvalue weighted by atomic mass is 10.2. The first kappa shape index (κ1) is 10.4. The summed E-state index contributed by atoms with van der Waals surface area (Å²) in [7, 11) is 0. The van der Waals surface area contributed by atoms with E-state index in [0.29, 0.717) is 0 Å². The van der Waals surface area contributed by atoms with Gasteiger partial charge in [-0.3, -0.25) is 10.0 Å². The minimum atomic E-state index is -0.388. The smallest absolute Gasteiger partial charge is 0.257 e. The Morgan fingerprint density at radius 3 is 2.73 bits per heavy atom. The lowest BCUT2D eigenvalue weighted by molar-refractivity contribution is -0.128. The molecule has 0 bridgehead atoms. The number of nitrogens with one attached hydrogen (secondary N) is 2. The lowest BCUT2D eigenvalue weighted by Gasteiger charge is -2.01. The van der Waals surface area contributed by atoms with E-state index in [0.717, 1.165) is 13.0 Å². The number of amides is 1. The van der Waals surface area contributed by atoms with Crippen LogP contribution in [0.3, 0.4) is 0 Å². The highest BCUT2D eigenvalue weighted by Crippen LogP contribution is 1.90. The molecule has 0 aromatic rings. The molecule has 0 heterocycles. The molecule has 0 aliphatic rings. The van der Waals surface area contributed by atoms with Gasteiger partial charge in [0.2, 0.25) is 0 Å². The SMILES string of the molecule is CCCCCNCC(=O)NO. The summed E-state index contributed by atoms with van der Waals surface area (Å²) in [5.74, 6) is -0.388. The molecule has 0 aromatic carbocycles. The third kappa shape index (κ3) is 7.29. The largest absolute Gasteiger partial charge is 0.308 e. The van der Waals surface area contributed by atoms with E-state index in [4.69, 9.17) is 5.21 Å². The zero-order valence-corrected chi connectivity index (χ0v) is 6.89. The van der Waals surface area contributed by atoms with Crippen molar-refractivity contribution in [1.82, 2.24) is 10.8 Å². The van der Waals surface area contributed by atoms with E-state index >= 15 is 0 Å². The molecule has 0 spiro atoms. The summed E-state index contributed by atoms with van der Waals surface area (Å²) < 4.78 is 0. The fourth-order valence-electron chi connectivity index (χ4n) is 0.741. The molecule has 0 aromatic heterocycles. The van der Waals surface area contributed by atoms with Crippen molar-refractivity contribution < 1.29 is 10.0 Å². The number of hydroxylamine groups is 1. The molecule has 0 aliphatic carbocycles. The van der Waals surface area contributed by atoms with E-state index in [1.165, 1.54) is 12.8 Å². The molecule has 0 rings (SSSR count). The van der Waals surface area contributed by atoms with Crippen LogP contribution in [0.4, 0.5) is 0 Å². The molecule has 0 saturated carbocycles. The van der Waals surface area contributed by atoms with Gasteiger partial charge in [-0.05, 0) is 13.0 Å². The van der Waals surface area contributed by atoms with Gasteiger partial charge < -0.3 is 5.32 Å². The molecule has 0 radical (unpaired) electrons. The van der Waals surface area contributed by atoms with Gasteiger partial charge >= 0.3 is 0 Å². The molecule has 66 valence electrons. The molecule has 0 aliphatic heterocycles. The highest BCUT2D eigenvalue weighted by Gasteiger charge is 1.95. The van der Waals surface area contributed by atoms with E-state index in [1.54, 1.807) is 5.48 Å². The van der Waals surface area contributed by atoms with Crippen LogP contribution in [0.25, 0.3) is 0 Å². The highest BCUT2D eigenvalue weighted by atomic mass is 16.5. The standard InChI is InChI=1S/C7H16N2O2/c1-2-3-4-5-8-6-7(10)9-11/h8,11H,2-6H2,1H3,(H,9,10). The first-order valence-electron chi connectivity index (χ1n) is 3.95. The number of carbonyl (C=O) groups excluding carboxylic acids is 1. The zero-order chi connectivity index (χ0) is 8.53. The summed E-state index contributed by atoms with van der Waals surface area (Å²) >= 11 is 0. The summed E-state index contributed by atoms with van der Waals surface area (Å²) in [5.41, 5.74) is 1.55. The Morgan fingerprint density at radius 1 is 1.45 bits per heavy atom. The monoisotopic (exact) mass is 160 g/mol. The van der Waals surface area contributed by atoms with Crippen molar-refractivity contribution >= 4 is 5.91 Å². The van der Waals surface area contributed by atoms with Gasteiger partial charge in [-0.15, -0.1) is 0 Å². The van der Waals surface area contributed by atoms with Gasteiger partial charge in [0, 0.05) is 0 Å². The van der Waals surface area contributed by atoms with Crippen LogP contribution in [0.15, 0.2) is 0 Å². The van der Waals surface area contributed by atoms with Crippen molar-refractivity contribution in [2.24, 2.45) is 0 Å². The van der Waals surface area contributed by atoms with Crippen LogP contribution < -0.4 is 10.8 Å². The lowest BCUT2D eigenvalue weighted by Crippen LogP contribution is -2.32. The molecule has 3 N–H and O–H groups in total. The van der Waals surface area contributed by atoms with E-state index in [9.17, 15) is 4.79 Å². The van der Waals surface area contributed by atoms with Gasteiger partial charge in [-0.2, -0.15) is 0 Å². The van der Waals surface area contributed by atoms with Crippen LogP contribution in [0.5, 0.6) is 0 Å². The number of hydrogen-bond acceptors (Lipinski definition) is 3. The Labute approximate surface area is 66.9 Å². The Morgan fingerprint density at radius 2 is 2.18 bits per heavy atom. The van der Waals surface area contributed by atoms with Crippen LogP contribution in [-0.2, 0) is 4.79 Å². The fourth-order valence-corrected chi connectivity index (χ4v) is 0.741. The molecule has 11 heavy (non-hydrogen) atoms. The van der Waals surface area contributed by atoms with Crippen LogP contribution in [0.2, 0.25) is 0 Å². The van der Waals surface area contributed by atoms with Gasteiger partial charge in [0.1, 0.15) is 0 Å². The third-order valence-electron chi connectivity index (χ3n) is 1.37. The molecular weight excluding hydrogens is 144 g/mol. The molecule has 0 atom stereocenters. The van der Waals surface area contributed by atoms with Crippen LogP contribution in [0, 0.1) is 0 Å². The van der Waals surface area contributed by atoms with Gasteiger partial charge in [0.15, 0.2) is 0 Å². The van der Waals surface area contributed by atoms with Crippen molar-refractivity contribution in [3.63, 3.8) is 0 Å². The summed E-state index contributed by atoms with van der Waals surface area (Å²) in [6, 6.07) is 0. The van der Waals surface area contributed by atoms with Crippen molar-refractivity contribution in [1.29, 1.82) is 0 Å². The first-order chi connectivity index (χ1) is 5.31. The van der Waals surface area contributed by atoms with Gasteiger partial charge in [-0.1, -0.05) is 19.8 Å². The Bertz CT molecular complexity index is 107. The number of rotatable bonds is 6. The van der Waals surface area contributed by atoms with E-state index in [2.05, 4.69) is 12.2 Å². The number of carbonyl (C=O) groups is 1. The Kier molecular flexibility index (Phi) is 7.08. The quantitative estimate of drug-likeness (QED) is 0.297. The number of unbranched alkanes of at least 4 members (excludes halogenated alkanes) is 2. The number of hydrogen-bond donors (Lipinski definition) is 3. The second-order valence-corrected chi connectivity index (χ2v) is 2.42. The van der Waals surface area contributed by atoms with E-state index < -0.39 is 0 Å². The molecule has 0 unspecified atom stereocenters. The van der Waals surface area contributed by atoms with Gasteiger partial charge in [0.25, 0.3) is 5.91 Å². The van der Waals surface area contributed by atoms with Crippen molar-refractivity contribution in [2.45, 2.75) is 26.2 Å². The molecule has 4 heteroatoms. The van der Waals surface area contributed by atoms with Crippen LogP contribution in [0.1, 0.15) is 26.2 Å². The third-order valence-corrected chi connectivity index (χ3v) is 1.37. The minimum absolute atomic E-state index is 0.195. The molecule has 1 amide bonds. The van der Waals surface area contributed by atoms with Gasteiger partial charge in [0.05, 0.1) is 6.54 Å². The van der Waals surface area contributed by atoms with E-state index in [-0.39, 0.29) is 12.5 Å². The Hall–Kier alpha value is -0.610. The van der Waals surface area contributed by atoms with Crippen molar-refractivity contribution in [3.05, 3.63) is 0 Å². The zero-order valence-electron chi connectivity index (χ0n) is 6.89. The predicted molar refractivity (Wildman–Crippen MR) is 42.3 cm³/mol. The average Bonchev–Trinajstić information content (AvgIpc) is 2.04. The normalized spacial score (nSPS) is 9.64. The summed E-state index contributed by atoms with van der Waals surface area (Å²) in [6.45, 7) is 3.15. The van der Waals surface area contributed by atoms with Gasteiger partial charge in [-0.25, -0.2) is 5.48 Å². The second-order valence-electron chi connectivity index (χ2n) is 2.42. The molecular formula is C7H16N2O2. The maximum absolute atomic E-state index is 10.4. The van der Waals surface area contributed by atoms with E-state index in [1.807, 2.05) is 0 Å². The van der Waals surface area contributed by atoms with Crippen LogP contribution in [-0.4, -0.2) is 24.2 Å².